The molecule has 0 bridgehead atoms. The van der Waals surface area contributed by atoms with E-state index in [2.05, 4.69) is 20.3 Å². The number of carbonyl (C=O) groups excluding carboxylic acids is 1. The molecule has 4 rings (SSSR count). The van der Waals surface area contributed by atoms with Crippen molar-refractivity contribution in [3.8, 4) is 0 Å². The van der Waals surface area contributed by atoms with E-state index in [1.807, 2.05) is 6.92 Å². The van der Waals surface area contributed by atoms with Gasteiger partial charge >= 0.3 is 0 Å². The molecule has 0 unspecified atom stereocenters. The summed E-state index contributed by atoms with van der Waals surface area (Å²) in [6, 6.07) is 1.55. The van der Waals surface area contributed by atoms with Crippen molar-refractivity contribution >= 4 is 68.2 Å². The molecule has 1 atom stereocenters. The Bertz CT molecular complexity index is 1020. The van der Waals surface area contributed by atoms with Gasteiger partial charge in [-0.05, 0) is 44.2 Å². The van der Waals surface area contributed by atoms with Gasteiger partial charge in [-0.2, -0.15) is 0 Å². The first-order chi connectivity index (χ1) is 13.0. The van der Waals surface area contributed by atoms with Gasteiger partial charge < -0.3 is 5.32 Å². The minimum absolute atomic E-state index is 0.187. The monoisotopic (exact) mass is 438 g/mol. The first-order valence-electron chi connectivity index (χ1n) is 8.56. The van der Waals surface area contributed by atoms with Crippen molar-refractivity contribution in [1.29, 1.82) is 0 Å². The summed E-state index contributed by atoms with van der Waals surface area (Å²) in [4.78, 5) is 28.0. The highest BCUT2D eigenvalue weighted by Crippen LogP contribution is 2.40. The predicted molar refractivity (Wildman–Crippen MR) is 112 cm³/mol. The lowest BCUT2D eigenvalue weighted by Gasteiger charge is -2.14. The van der Waals surface area contributed by atoms with E-state index in [1.54, 1.807) is 23.7 Å². The van der Waals surface area contributed by atoms with Gasteiger partial charge in [-0.1, -0.05) is 35.0 Å². The molecule has 1 N–H and O–H groups in total. The summed E-state index contributed by atoms with van der Waals surface area (Å²) in [7, 11) is 0. The van der Waals surface area contributed by atoms with Crippen molar-refractivity contribution in [1.82, 2.24) is 15.0 Å². The Kier molecular flexibility index (Phi) is 5.55. The van der Waals surface area contributed by atoms with Crippen LogP contribution in [0.1, 0.15) is 30.2 Å². The second-order valence-corrected chi connectivity index (χ2v) is 9.56. The number of pyridine rings is 1. The fourth-order valence-electron chi connectivity index (χ4n) is 3.10. The Morgan fingerprint density at radius 1 is 1.26 bits per heavy atom. The topological polar surface area (TPSA) is 67.8 Å². The van der Waals surface area contributed by atoms with E-state index in [1.165, 1.54) is 41.2 Å². The largest absolute Gasteiger partial charge is 0.308 e. The van der Waals surface area contributed by atoms with E-state index < -0.39 is 0 Å². The van der Waals surface area contributed by atoms with Gasteiger partial charge in [0, 0.05) is 16.5 Å². The lowest BCUT2D eigenvalue weighted by atomic mass is 9.97. The molecule has 5 nitrogen and oxygen atoms in total. The highest BCUT2D eigenvalue weighted by molar-refractivity contribution is 8.00. The summed E-state index contributed by atoms with van der Waals surface area (Å²) in [5.41, 5.74) is 1.36. The summed E-state index contributed by atoms with van der Waals surface area (Å²) < 4.78 is 0. The predicted octanol–water partition coefficient (Wildman–Crippen LogP) is 5.39. The second kappa shape index (κ2) is 7.91. The van der Waals surface area contributed by atoms with Crippen molar-refractivity contribution in [3.05, 3.63) is 39.1 Å². The zero-order valence-electron chi connectivity index (χ0n) is 14.5. The number of aromatic nitrogens is 3. The minimum atomic E-state index is -0.365. The fraction of sp³-hybridized carbons (Fsp3) is 0.333. The van der Waals surface area contributed by atoms with Crippen LogP contribution in [0.3, 0.4) is 0 Å². The number of hydrogen-bond donors (Lipinski definition) is 1. The van der Waals surface area contributed by atoms with E-state index in [9.17, 15) is 4.79 Å². The molecule has 0 saturated carbocycles. The minimum Gasteiger partial charge on any atom is -0.308 e. The zero-order valence-corrected chi connectivity index (χ0v) is 17.6. The third-order valence-electron chi connectivity index (χ3n) is 4.42. The molecule has 27 heavy (non-hydrogen) atoms. The Morgan fingerprint density at radius 3 is 2.89 bits per heavy atom. The second-order valence-electron chi connectivity index (χ2n) is 6.30. The number of thiophene rings is 1. The molecule has 3 aromatic heterocycles. The smallest absolute Gasteiger partial charge is 0.238 e. The SMILES string of the molecule is C[C@H](Sc1ncnc2sc3c(c12)CCCC3)C(=O)Nc1ncc(Cl)cc1Cl. The Labute approximate surface area is 174 Å². The molecule has 0 aliphatic heterocycles. The third kappa shape index (κ3) is 3.92. The Balaban J connectivity index is 1.56. The van der Waals surface area contributed by atoms with Crippen molar-refractivity contribution in [2.45, 2.75) is 42.9 Å². The first-order valence-corrected chi connectivity index (χ1v) is 11.0. The molecule has 140 valence electrons. The quantitative estimate of drug-likeness (QED) is 0.436. The van der Waals surface area contributed by atoms with Crippen LogP contribution in [-0.4, -0.2) is 26.1 Å². The number of fused-ring (bicyclic) bond motifs is 3. The maximum absolute atomic E-state index is 12.6. The lowest BCUT2D eigenvalue weighted by Crippen LogP contribution is -2.23. The molecule has 1 aliphatic carbocycles. The number of aryl methyl sites for hydroxylation is 2. The molecule has 1 amide bonds. The number of anilines is 1. The van der Waals surface area contributed by atoms with Crippen molar-refractivity contribution < 1.29 is 4.79 Å². The van der Waals surface area contributed by atoms with Gasteiger partial charge in [0.05, 0.1) is 15.3 Å². The van der Waals surface area contributed by atoms with E-state index in [0.717, 1.165) is 28.1 Å². The maximum atomic E-state index is 12.6. The van der Waals surface area contributed by atoms with Crippen molar-refractivity contribution in [2.24, 2.45) is 0 Å². The van der Waals surface area contributed by atoms with Crippen LogP contribution in [0, 0.1) is 0 Å². The molecule has 0 fully saturated rings. The van der Waals surface area contributed by atoms with Gasteiger partial charge in [0.25, 0.3) is 0 Å². The molecule has 0 spiro atoms. The van der Waals surface area contributed by atoms with Crippen LogP contribution in [0.25, 0.3) is 10.2 Å². The fourth-order valence-corrected chi connectivity index (χ4v) is 5.76. The summed E-state index contributed by atoms with van der Waals surface area (Å²) in [6.07, 6.45) is 7.61. The highest BCUT2D eigenvalue weighted by atomic mass is 35.5. The molecular formula is C18H16Cl2N4OS2. The number of amides is 1. The van der Waals surface area contributed by atoms with E-state index in [-0.39, 0.29) is 11.2 Å². The summed E-state index contributed by atoms with van der Waals surface area (Å²) in [6.45, 7) is 1.84. The average Bonchev–Trinajstić information content (AvgIpc) is 3.03. The summed E-state index contributed by atoms with van der Waals surface area (Å²) >= 11 is 15.1. The van der Waals surface area contributed by atoms with Crippen LogP contribution in [-0.2, 0) is 17.6 Å². The zero-order chi connectivity index (χ0) is 19.0. The van der Waals surface area contributed by atoms with Gasteiger partial charge in [0.1, 0.15) is 16.2 Å². The Morgan fingerprint density at radius 2 is 2.07 bits per heavy atom. The van der Waals surface area contributed by atoms with Gasteiger partial charge in [-0.25, -0.2) is 15.0 Å². The number of carbonyl (C=O) groups is 1. The van der Waals surface area contributed by atoms with Crippen molar-refractivity contribution in [3.63, 3.8) is 0 Å². The number of thioether (sulfide) groups is 1. The molecule has 0 radical (unpaired) electrons. The summed E-state index contributed by atoms with van der Waals surface area (Å²) in [5, 5.41) is 5.10. The number of rotatable bonds is 4. The van der Waals surface area contributed by atoms with E-state index in [4.69, 9.17) is 23.2 Å². The number of nitrogens with zero attached hydrogens (tertiary/aromatic N) is 3. The lowest BCUT2D eigenvalue weighted by molar-refractivity contribution is -0.115. The number of halogens is 2. The normalized spacial score (nSPS) is 14.8. The first kappa shape index (κ1) is 18.9. The average molecular weight is 439 g/mol. The van der Waals surface area contributed by atoms with Crippen LogP contribution >= 0.6 is 46.3 Å². The highest BCUT2D eigenvalue weighted by Gasteiger charge is 2.23. The number of nitrogens with one attached hydrogen (secondary N) is 1. The van der Waals surface area contributed by atoms with Gasteiger partial charge in [0.15, 0.2) is 5.82 Å². The van der Waals surface area contributed by atoms with Crippen LogP contribution in [0.4, 0.5) is 5.82 Å². The van der Waals surface area contributed by atoms with E-state index in [0.29, 0.717) is 15.9 Å². The molecule has 1 aliphatic rings. The molecule has 0 saturated heterocycles. The van der Waals surface area contributed by atoms with E-state index >= 15 is 0 Å². The summed E-state index contributed by atoms with van der Waals surface area (Å²) in [5.74, 6) is 0.117. The van der Waals surface area contributed by atoms with Crippen molar-refractivity contribution in [2.75, 3.05) is 5.32 Å². The van der Waals surface area contributed by atoms with Crippen LogP contribution in [0.2, 0.25) is 10.0 Å². The van der Waals surface area contributed by atoms with Gasteiger partial charge in [0.2, 0.25) is 5.91 Å². The van der Waals surface area contributed by atoms with Crippen LogP contribution < -0.4 is 5.32 Å². The molecule has 3 heterocycles. The molecule has 9 heteroatoms. The number of hydrogen-bond acceptors (Lipinski definition) is 6. The maximum Gasteiger partial charge on any atom is 0.238 e. The van der Waals surface area contributed by atoms with Gasteiger partial charge in [-0.3, -0.25) is 4.79 Å². The Hall–Kier alpha value is -1.41. The van der Waals surface area contributed by atoms with Crippen LogP contribution in [0.5, 0.6) is 0 Å². The molecule has 0 aromatic carbocycles. The van der Waals surface area contributed by atoms with Crippen LogP contribution in [0.15, 0.2) is 23.6 Å². The molecular weight excluding hydrogens is 423 g/mol. The molecule has 3 aromatic rings. The van der Waals surface area contributed by atoms with Gasteiger partial charge in [-0.15, -0.1) is 11.3 Å². The standard InChI is InChI=1S/C18H16Cl2N4OS2/c1-9(16(25)24-15-12(20)6-10(19)7-21-15)26-17-14-11-4-2-3-5-13(11)27-18(14)23-8-22-17/h6-9H,2-5H2,1H3,(H,21,24,25)/t9-/m0/s1. The third-order valence-corrected chi connectivity index (χ3v) is 7.22.